The second-order valence-electron chi connectivity index (χ2n) is 2.83. The standard InChI is InChI=1S/C7H9N3O2/c8-7(11)4-1-5-6(12-3-4)2-9-10-5/h2,4H,1,3H2,(H2,8,11)(H,9,10). The zero-order chi connectivity index (χ0) is 8.55. The molecule has 5 nitrogen and oxygen atoms in total. The van der Waals surface area contributed by atoms with Crippen LogP contribution in [-0.4, -0.2) is 22.7 Å². The van der Waals surface area contributed by atoms with Gasteiger partial charge in [0.25, 0.3) is 0 Å². The largest absolute Gasteiger partial charge is 0.489 e. The molecule has 1 unspecified atom stereocenters. The molecule has 2 rings (SSSR count). The minimum atomic E-state index is -0.324. The van der Waals surface area contributed by atoms with Crippen LogP contribution >= 0.6 is 0 Å². The highest BCUT2D eigenvalue weighted by Crippen LogP contribution is 2.24. The first-order valence-corrected chi connectivity index (χ1v) is 3.71. The summed E-state index contributed by atoms with van der Waals surface area (Å²) in [6, 6.07) is 0. The molecule has 64 valence electrons. The van der Waals surface area contributed by atoms with Gasteiger partial charge >= 0.3 is 0 Å². The van der Waals surface area contributed by atoms with Crippen LogP contribution in [0, 0.1) is 5.92 Å². The van der Waals surface area contributed by atoms with Crippen molar-refractivity contribution >= 4 is 5.91 Å². The quantitative estimate of drug-likeness (QED) is 0.588. The highest BCUT2D eigenvalue weighted by Gasteiger charge is 2.25. The predicted octanol–water partition coefficient (Wildman–Crippen LogP) is -0.554. The van der Waals surface area contributed by atoms with Crippen LogP contribution in [0.15, 0.2) is 6.20 Å². The van der Waals surface area contributed by atoms with E-state index >= 15 is 0 Å². The summed E-state index contributed by atoms with van der Waals surface area (Å²) >= 11 is 0. The van der Waals surface area contributed by atoms with Crippen molar-refractivity contribution in [1.29, 1.82) is 0 Å². The molecule has 12 heavy (non-hydrogen) atoms. The van der Waals surface area contributed by atoms with E-state index in [1.807, 2.05) is 0 Å². The van der Waals surface area contributed by atoms with E-state index < -0.39 is 0 Å². The van der Waals surface area contributed by atoms with E-state index in [9.17, 15) is 4.79 Å². The number of fused-ring (bicyclic) bond motifs is 1. The third kappa shape index (κ3) is 1.03. The van der Waals surface area contributed by atoms with Gasteiger partial charge in [-0.25, -0.2) is 0 Å². The highest BCUT2D eigenvalue weighted by atomic mass is 16.5. The molecular formula is C7H9N3O2. The van der Waals surface area contributed by atoms with Gasteiger partial charge in [0, 0.05) is 6.42 Å². The minimum absolute atomic E-state index is 0.224. The molecule has 1 aliphatic heterocycles. The van der Waals surface area contributed by atoms with Crippen LogP contribution < -0.4 is 10.5 Å². The number of nitrogens with two attached hydrogens (primary N) is 1. The van der Waals surface area contributed by atoms with E-state index in [1.54, 1.807) is 6.20 Å². The minimum Gasteiger partial charge on any atom is -0.489 e. The lowest BCUT2D eigenvalue weighted by Crippen LogP contribution is -2.32. The second kappa shape index (κ2) is 2.51. The van der Waals surface area contributed by atoms with Crippen LogP contribution in [-0.2, 0) is 11.2 Å². The first-order chi connectivity index (χ1) is 5.77. The molecule has 0 aromatic carbocycles. The Bertz CT molecular complexity index is 307. The van der Waals surface area contributed by atoms with E-state index in [-0.39, 0.29) is 11.8 Å². The molecule has 0 saturated carbocycles. The molecule has 2 heterocycles. The molecule has 1 amide bonds. The molecule has 1 aromatic rings. The molecule has 3 N–H and O–H groups in total. The molecule has 1 atom stereocenters. The summed E-state index contributed by atoms with van der Waals surface area (Å²) in [7, 11) is 0. The maximum atomic E-state index is 10.8. The second-order valence-corrected chi connectivity index (χ2v) is 2.83. The fraction of sp³-hybridized carbons (Fsp3) is 0.429. The first kappa shape index (κ1) is 7.15. The number of hydrogen-bond donors (Lipinski definition) is 2. The molecule has 1 aromatic heterocycles. The molecule has 0 radical (unpaired) electrons. The van der Waals surface area contributed by atoms with Crippen LogP contribution in [0.5, 0.6) is 5.75 Å². The van der Waals surface area contributed by atoms with Crippen molar-refractivity contribution in [2.75, 3.05) is 6.61 Å². The van der Waals surface area contributed by atoms with Gasteiger partial charge in [0.2, 0.25) is 5.91 Å². The number of carbonyl (C=O) groups is 1. The number of rotatable bonds is 1. The van der Waals surface area contributed by atoms with Crippen LogP contribution in [0.4, 0.5) is 0 Å². The van der Waals surface area contributed by atoms with Crippen molar-refractivity contribution in [3.05, 3.63) is 11.9 Å². The molecular weight excluding hydrogens is 158 g/mol. The summed E-state index contributed by atoms with van der Waals surface area (Å²) < 4.78 is 5.24. The van der Waals surface area contributed by atoms with Crippen LogP contribution in [0.25, 0.3) is 0 Å². The summed E-state index contributed by atoms with van der Waals surface area (Å²) in [5, 5.41) is 6.56. The normalized spacial score (nSPS) is 21.2. The van der Waals surface area contributed by atoms with Gasteiger partial charge in [-0.3, -0.25) is 9.89 Å². The number of nitrogens with zero attached hydrogens (tertiary/aromatic N) is 1. The number of aromatic amines is 1. The third-order valence-corrected chi connectivity index (χ3v) is 1.97. The van der Waals surface area contributed by atoms with Crippen LogP contribution in [0.1, 0.15) is 5.69 Å². The van der Waals surface area contributed by atoms with Gasteiger partial charge in [-0.15, -0.1) is 0 Å². The van der Waals surface area contributed by atoms with E-state index in [2.05, 4.69) is 10.2 Å². The maximum absolute atomic E-state index is 10.8. The number of nitrogens with one attached hydrogen (secondary N) is 1. The third-order valence-electron chi connectivity index (χ3n) is 1.97. The zero-order valence-corrected chi connectivity index (χ0v) is 6.41. The Morgan fingerprint density at radius 2 is 2.67 bits per heavy atom. The predicted molar refractivity (Wildman–Crippen MR) is 40.5 cm³/mol. The summed E-state index contributed by atoms with van der Waals surface area (Å²) in [5.41, 5.74) is 5.99. The number of aromatic nitrogens is 2. The number of amides is 1. The van der Waals surface area contributed by atoms with Gasteiger partial charge in [-0.1, -0.05) is 0 Å². The molecule has 0 aliphatic carbocycles. The molecule has 0 spiro atoms. The van der Waals surface area contributed by atoms with E-state index in [0.29, 0.717) is 13.0 Å². The molecule has 0 fully saturated rings. The Balaban J connectivity index is 2.20. The van der Waals surface area contributed by atoms with E-state index in [0.717, 1.165) is 11.4 Å². The Labute approximate surface area is 68.9 Å². The average molecular weight is 167 g/mol. The Morgan fingerprint density at radius 1 is 1.83 bits per heavy atom. The monoisotopic (exact) mass is 167 g/mol. The van der Waals surface area contributed by atoms with Gasteiger partial charge < -0.3 is 10.5 Å². The Hall–Kier alpha value is -1.52. The van der Waals surface area contributed by atoms with Crippen molar-refractivity contribution < 1.29 is 9.53 Å². The zero-order valence-electron chi connectivity index (χ0n) is 6.41. The molecule has 0 bridgehead atoms. The van der Waals surface area contributed by atoms with Gasteiger partial charge in [-0.2, -0.15) is 5.10 Å². The topological polar surface area (TPSA) is 81.0 Å². The maximum Gasteiger partial charge on any atom is 0.224 e. The SMILES string of the molecule is NC(=O)C1COc2cn[nH]c2C1. The van der Waals surface area contributed by atoms with Crippen molar-refractivity contribution in [2.45, 2.75) is 6.42 Å². The summed E-state index contributed by atoms with van der Waals surface area (Å²) in [6.07, 6.45) is 2.21. The number of ether oxygens (including phenoxy) is 1. The Kier molecular flexibility index (Phi) is 1.49. The van der Waals surface area contributed by atoms with Crippen LogP contribution in [0.2, 0.25) is 0 Å². The summed E-state index contributed by atoms with van der Waals surface area (Å²) in [4.78, 5) is 10.8. The smallest absolute Gasteiger partial charge is 0.224 e. The molecule has 5 heteroatoms. The van der Waals surface area contributed by atoms with Gasteiger partial charge in [0.15, 0.2) is 5.75 Å². The average Bonchev–Trinajstić information content (AvgIpc) is 2.49. The fourth-order valence-electron chi connectivity index (χ4n) is 1.25. The first-order valence-electron chi connectivity index (χ1n) is 3.71. The van der Waals surface area contributed by atoms with Crippen LogP contribution in [0.3, 0.4) is 0 Å². The van der Waals surface area contributed by atoms with E-state index in [4.69, 9.17) is 10.5 Å². The number of hydrogen-bond acceptors (Lipinski definition) is 3. The molecule has 0 saturated heterocycles. The van der Waals surface area contributed by atoms with Gasteiger partial charge in [0.1, 0.15) is 6.61 Å². The van der Waals surface area contributed by atoms with Crippen molar-refractivity contribution in [2.24, 2.45) is 11.7 Å². The van der Waals surface area contributed by atoms with Gasteiger partial charge in [0.05, 0.1) is 17.8 Å². The highest BCUT2D eigenvalue weighted by molar-refractivity contribution is 5.77. The lowest BCUT2D eigenvalue weighted by Gasteiger charge is -2.19. The van der Waals surface area contributed by atoms with E-state index in [1.165, 1.54) is 0 Å². The summed E-state index contributed by atoms with van der Waals surface area (Å²) in [5.74, 6) is 0.181. The number of H-pyrrole nitrogens is 1. The number of carbonyl (C=O) groups excluding carboxylic acids is 1. The number of primary amides is 1. The van der Waals surface area contributed by atoms with Crippen molar-refractivity contribution in [3.8, 4) is 5.75 Å². The molecule has 1 aliphatic rings. The lowest BCUT2D eigenvalue weighted by molar-refractivity contribution is -0.123. The van der Waals surface area contributed by atoms with Crippen molar-refractivity contribution in [1.82, 2.24) is 10.2 Å². The van der Waals surface area contributed by atoms with Gasteiger partial charge in [-0.05, 0) is 0 Å². The summed E-state index contributed by atoms with van der Waals surface area (Å²) in [6.45, 7) is 0.363. The fourth-order valence-corrected chi connectivity index (χ4v) is 1.25. The van der Waals surface area contributed by atoms with Crippen molar-refractivity contribution in [3.63, 3.8) is 0 Å². The Morgan fingerprint density at radius 3 is 3.42 bits per heavy atom. The lowest BCUT2D eigenvalue weighted by atomic mass is 10.0.